The maximum absolute atomic E-state index is 11.7. The van der Waals surface area contributed by atoms with Crippen LogP contribution in [0.1, 0.15) is 27.2 Å². The molecule has 1 rings (SSSR count). The summed E-state index contributed by atoms with van der Waals surface area (Å²) in [5.41, 5.74) is -0.309. The van der Waals surface area contributed by atoms with E-state index in [4.69, 9.17) is 0 Å². The van der Waals surface area contributed by atoms with Crippen molar-refractivity contribution in [3.8, 4) is 0 Å². The number of halogens is 1. The van der Waals surface area contributed by atoms with Crippen molar-refractivity contribution in [2.45, 2.75) is 33.3 Å². The highest BCUT2D eigenvalue weighted by molar-refractivity contribution is 5.85. The Bertz CT molecular complexity index is 234. The number of aliphatic hydroxyl groups is 1. The summed E-state index contributed by atoms with van der Waals surface area (Å²) in [4.78, 5) is 11.7. The summed E-state index contributed by atoms with van der Waals surface area (Å²) in [6.45, 7) is 7.87. The van der Waals surface area contributed by atoms with Gasteiger partial charge in [-0.25, -0.2) is 0 Å². The first-order chi connectivity index (χ1) is 6.97. The molecule has 1 aliphatic rings. The molecule has 1 fully saturated rings. The minimum atomic E-state index is -0.324. The largest absolute Gasteiger partial charge is 0.391 e. The van der Waals surface area contributed by atoms with Gasteiger partial charge in [0, 0.05) is 31.0 Å². The lowest BCUT2D eigenvalue weighted by molar-refractivity contribution is -0.129. The number of aliphatic hydroxyl groups excluding tert-OH is 1. The van der Waals surface area contributed by atoms with Crippen LogP contribution in [0.15, 0.2) is 0 Å². The van der Waals surface area contributed by atoms with Gasteiger partial charge in [-0.05, 0) is 6.42 Å². The summed E-state index contributed by atoms with van der Waals surface area (Å²) in [5, 5.41) is 15.6. The Kier molecular flexibility index (Phi) is 6.30. The van der Waals surface area contributed by atoms with Crippen LogP contribution >= 0.6 is 12.4 Å². The third-order valence-corrected chi connectivity index (χ3v) is 3.33. The molecule has 1 amide bonds. The Morgan fingerprint density at radius 3 is 2.56 bits per heavy atom. The lowest BCUT2D eigenvalue weighted by Gasteiger charge is -2.23. The predicted molar refractivity (Wildman–Crippen MR) is 66.7 cm³/mol. The highest BCUT2D eigenvalue weighted by Crippen LogP contribution is 2.19. The van der Waals surface area contributed by atoms with Gasteiger partial charge in [-0.3, -0.25) is 4.79 Å². The maximum Gasteiger partial charge on any atom is 0.225 e. The fourth-order valence-electron chi connectivity index (χ4n) is 1.55. The molecular weight excluding hydrogens is 228 g/mol. The van der Waals surface area contributed by atoms with E-state index in [0.717, 1.165) is 13.0 Å². The number of hydrogen-bond acceptors (Lipinski definition) is 3. The first kappa shape index (κ1) is 15.7. The minimum Gasteiger partial charge on any atom is -0.391 e. The Labute approximate surface area is 104 Å². The average Bonchev–Trinajstić information content (AvgIpc) is 2.60. The normalized spacial score (nSPS) is 25.0. The number of carbonyl (C=O) groups excluding carboxylic acids is 1. The van der Waals surface area contributed by atoms with Gasteiger partial charge in [0.2, 0.25) is 5.91 Å². The van der Waals surface area contributed by atoms with Crippen LogP contribution in [0.4, 0.5) is 0 Å². The zero-order chi connectivity index (χ0) is 11.5. The molecule has 5 heteroatoms. The van der Waals surface area contributed by atoms with Crippen molar-refractivity contribution in [1.82, 2.24) is 10.6 Å². The van der Waals surface area contributed by atoms with Crippen LogP contribution in [0.3, 0.4) is 0 Å². The van der Waals surface area contributed by atoms with Gasteiger partial charge in [-0.2, -0.15) is 0 Å². The van der Waals surface area contributed by atoms with Gasteiger partial charge in [-0.15, -0.1) is 12.4 Å². The molecule has 96 valence electrons. The van der Waals surface area contributed by atoms with Crippen molar-refractivity contribution >= 4 is 18.3 Å². The molecule has 0 aliphatic carbocycles. The van der Waals surface area contributed by atoms with Crippen molar-refractivity contribution in [1.29, 1.82) is 0 Å². The zero-order valence-corrected chi connectivity index (χ0v) is 11.1. The standard InChI is InChI=1S/C11H22N2O2.ClH/c1-4-11(2,3)10(15)13-6-8-5-12-7-9(8)14;/h8-9,12,14H,4-7H2,1-3H3,(H,13,15);1H. The summed E-state index contributed by atoms with van der Waals surface area (Å²) in [6, 6.07) is 0. The van der Waals surface area contributed by atoms with E-state index in [1.54, 1.807) is 0 Å². The summed E-state index contributed by atoms with van der Waals surface area (Å²) >= 11 is 0. The van der Waals surface area contributed by atoms with E-state index in [-0.39, 0.29) is 35.8 Å². The molecule has 1 aliphatic heterocycles. The van der Waals surface area contributed by atoms with Gasteiger partial charge >= 0.3 is 0 Å². The van der Waals surface area contributed by atoms with Crippen molar-refractivity contribution in [2.75, 3.05) is 19.6 Å². The second kappa shape index (κ2) is 6.42. The molecule has 0 radical (unpaired) electrons. The fourth-order valence-corrected chi connectivity index (χ4v) is 1.55. The maximum atomic E-state index is 11.7. The highest BCUT2D eigenvalue weighted by Gasteiger charge is 2.29. The summed E-state index contributed by atoms with van der Waals surface area (Å²) in [6.07, 6.45) is 0.500. The summed E-state index contributed by atoms with van der Waals surface area (Å²) < 4.78 is 0. The second-order valence-corrected chi connectivity index (χ2v) is 4.93. The van der Waals surface area contributed by atoms with Crippen molar-refractivity contribution in [2.24, 2.45) is 11.3 Å². The third-order valence-electron chi connectivity index (χ3n) is 3.33. The first-order valence-electron chi connectivity index (χ1n) is 5.64. The van der Waals surface area contributed by atoms with Crippen LogP contribution in [0.5, 0.6) is 0 Å². The summed E-state index contributed by atoms with van der Waals surface area (Å²) in [5.74, 6) is 0.228. The van der Waals surface area contributed by atoms with Gasteiger partial charge in [-0.1, -0.05) is 20.8 Å². The molecule has 1 heterocycles. The van der Waals surface area contributed by atoms with Gasteiger partial charge in [0.25, 0.3) is 0 Å². The summed E-state index contributed by atoms with van der Waals surface area (Å²) in [7, 11) is 0. The molecule has 0 bridgehead atoms. The zero-order valence-electron chi connectivity index (χ0n) is 10.2. The highest BCUT2D eigenvalue weighted by atomic mass is 35.5. The lowest BCUT2D eigenvalue weighted by Crippen LogP contribution is -2.41. The molecule has 4 nitrogen and oxygen atoms in total. The molecule has 0 aromatic rings. The van der Waals surface area contributed by atoms with E-state index in [2.05, 4.69) is 10.6 Å². The Morgan fingerprint density at radius 1 is 1.50 bits per heavy atom. The van der Waals surface area contributed by atoms with Crippen LogP contribution in [-0.2, 0) is 4.79 Å². The monoisotopic (exact) mass is 250 g/mol. The molecule has 16 heavy (non-hydrogen) atoms. The van der Waals surface area contributed by atoms with Crippen LogP contribution < -0.4 is 10.6 Å². The van der Waals surface area contributed by atoms with Crippen molar-refractivity contribution < 1.29 is 9.90 Å². The number of amides is 1. The van der Waals surface area contributed by atoms with Gasteiger partial charge in [0.05, 0.1) is 6.10 Å². The van der Waals surface area contributed by atoms with Gasteiger partial charge in [0.15, 0.2) is 0 Å². The number of hydrogen-bond donors (Lipinski definition) is 3. The Hall–Kier alpha value is -0.320. The van der Waals surface area contributed by atoms with E-state index in [1.807, 2.05) is 20.8 Å². The average molecular weight is 251 g/mol. The molecule has 3 N–H and O–H groups in total. The van der Waals surface area contributed by atoms with E-state index >= 15 is 0 Å². The molecule has 0 saturated carbocycles. The lowest BCUT2D eigenvalue weighted by atomic mass is 9.89. The van der Waals surface area contributed by atoms with Gasteiger partial charge < -0.3 is 15.7 Å². The molecule has 0 aromatic heterocycles. The minimum absolute atomic E-state index is 0. The molecule has 1 saturated heterocycles. The molecule has 2 atom stereocenters. The second-order valence-electron chi connectivity index (χ2n) is 4.93. The Balaban J connectivity index is 0.00000225. The molecule has 0 aromatic carbocycles. The predicted octanol–water partition coefficient (Wildman–Crippen LogP) is 0.541. The number of nitrogens with one attached hydrogen (secondary N) is 2. The third kappa shape index (κ3) is 3.92. The smallest absolute Gasteiger partial charge is 0.225 e. The molecule has 2 unspecified atom stereocenters. The fraction of sp³-hybridized carbons (Fsp3) is 0.909. The molecule has 0 spiro atoms. The van der Waals surface area contributed by atoms with Gasteiger partial charge in [0.1, 0.15) is 0 Å². The SMILES string of the molecule is CCC(C)(C)C(=O)NCC1CNCC1O.Cl. The topological polar surface area (TPSA) is 61.4 Å². The van der Waals surface area contributed by atoms with E-state index in [9.17, 15) is 9.90 Å². The van der Waals surface area contributed by atoms with Crippen LogP contribution in [-0.4, -0.2) is 36.8 Å². The van der Waals surface area contributed by atoms with Crippen LogP contribution in [0, 0.1) is 11.3 Å². The molecular formula is C11H23ClN2O2. The van der Waals surface area contributed by atoms with E-state index in [1.165, 1.54) is 0 Å². The Morgan fingerprint density at radius 2 is 2.12 bits per heavy atom. The quantitative estimate of drug-likeness (QED) is 0.683. The van der Waals surface area contributed by atoms with Crippen LogP contribution in [0.25, 0.3) is 0 Å². The van der Waals surface area contributed by atoms with Crippen molar-refractivity contribution in [3.63, 3.8) is 0 Å². The first-order valence-corrected chi connectivity index (χ1v) is 5.64. The number of rotatable bonds is 4. The number of carbonyl (C=O) groups is 1. The van der Waals surface area contributed by atoms with Crippen molar-refractivity contribution in [3.05, 3.63) is 0 Å². The van der Waals surface area contributed by atoms with E-state index in [0.29, 0.717) is 13.1 Å². The number of β-amino-alcohol motifs (C(OH)–C–C–N with tert-alkyl or cyclic N) is 1. The van der Waals surface area contributed by atoms with Crippen LogP contribution in [0.2, 0.25) is 0 Å². The van der Waals surface area contributed by atoms with E-state index < -0.39 is 0 Å².